The van der Waals surface area contributed by atoms with E-state index in [1.54, 1.807) is 0 Å². The second kappa shape index (κ2) is 5.53. The van der Waals surface area contributed by atoms with E-state index in [-0.39, 0.29) is 0 Å². The normalized spacial score (nSPS) is 11.7. The van der Waals surface area contributed by atoms with Gasteiger partial charge in [-0.2, -0.15) is 0 Å². The van der Waals surface area contributed by atoms with Crippen LogP contribution in [-0.4, -0.2) is 3.31 Å². The predicted molar refractivity (Wildman–Crippen MR) is 50.0 cm³/mol. The average molecular weight is 253 g/mol. The van der Waals surface area contributed by atoms with E-state index in [4.69, 9.17) is 0 Å². The van der Waals surface area contributed by atoms with Crippen molar-refractivity contribution >= 4 is 0 Å². The Balaban J connectivity index is 2.53. The first kappa shape index (κ1) is 9.99. The minimum atomic E-state index is -0.670. The van der Waals surface area contributed by atoms with Gasteiger partial charge >= 0.3 is 80.7 Å². The molecule has 12 heavy (non-hydrogen) atoms. The van der Waals surface area contributed by atoms with Gasteiger partial charge in [-0.3, -0.25) is 0 Å². The first-order valence-corrected chi connectivity index (χ1v) is 7.82. The number of rotatable bonds is 5. The van der Waals surface area contributed by atoms with Gasteiger partial charge in [-0.05, 0) is 0 Å². The van der Waals surface area contributed by atoms with Crippen LogP contribution >= 0.6 is 0 Å². The number of hydrogen-bond acceptors (Lipinski definition) is 0. The van der Waals surface area contributed by atoms with Crippen LogP contribution in [0.25, 0.3) is 0 Å². The summed E-state index contributed by atoms with van der Waals surface area (Å²) < 4.78 is 2.48. The van der Waals surface area contributed by atoms with Crippen LogP contribution in [0.4, 0.5) is 0 Å². The van der Waals surface area contributed by atoms with Crippen LogP contribution in [0.3, 0.4) is 0 Å². The van der Waals surface area contributed by atoms with Gasteiger partial charge in [0.1, 0.15) is 0 Å². The van der Waals surface area contributed by atoms with E-state index in [1.807, 2.05) is 0 Å². The fourth-order valence-electron chi connectivity index (χ4n) is 1.14. The van der Waals surface area contributed by atoms with E-state index in [2.05, 4.69) is 41.7 Å². The molecule has 1 rings (SSSR count). The maximum atomic E-state index is 2.48. The van der Waals surface area contributed by atoms with Gasteiger partial charge in [0.05, 0.1) is 0 Å². The Hall–Kier alpha value is -0.0966. The van der Waals surface area contributed by atoms with E-state index < -0.39 is 16.2 Å². The fraction of sp³-hybridized carbons (Fsp3) is 0.600. The molecule has 71 valence electrons. The quantitative estimate of drug-likeness (QED) is 0.707. The Labute approximate surface area is 80.9 Å². The Morgan fingerprint density at radius 1 is 1.00 bits per heavy atom. The molecule has 0 unspecified atom stereocenters. The van der Waals surface area contributed by atoms with Crippen molar-refractivity contribution in [1.29, 1.82) is 0 Å². The summed E-state index contributed by atoms with van der Waals surface area (Å²) in [6, 6.07) is 4.29. The van der Waals surface area contributed by atoms with E-state index >= 15 is 0 Å². The molecule has 0 fully saturated rings. The SMILES string of the molecule is CC[CH2][Ru]([CH2]CC)[n]1cccc1. The predicted octanol–water partition coefficient (Wildman–Crippen LogP) is 3.53. The first-order valence-electron chi connectivity index (χ1n) is 4.59. The molecular formula is C10H18NRu. The molecule has 0 atom stereocenters. The summed E-state index contributed by atoms with van der Waals surface area (Å²) in [4.78, 5) is 0. The summed E-state index contributed by atoms with van der Waals surface area (Å²) >= 11 is -0.670. The third-order valence-corrected chi connectivity index (χ3v) is 7.11. The van der Waals surface area contributed by atoms with Crippen LogP contribution in [-0.2, 0) is 16.2 Å². The van der Waals surface area contributed by atoms with Gasteiger partial charge in [0.15, 0.2) is 0 Å². The second-order valence-corrected chi connectivity index (χ2v) is 7.37. The molecule has 1 nitrogen and oxygen atoms in total. The van der Waals surface area contributed by atoms with Crippen LogP contribution < -0.4 is 0 Å². The Morgan fingerprint density at radius 3 is 1.92 bits per heavy atom. The second-order valence-electron chi connectivity index (χ2n) is 2.77. The van der Waals surface area contributed by atoms with Crippen LogP contribution in [0, 0.1) is 0 Å². The van der Waals surface area contributed by atoms with Gasteiger partial charge in [0, 0.05) is 0 Å². The van der Waals surface area contributed by atoms with Crippen molar-refractivity contribution in [2.24, 2.45) is 0 Å². The van der Waals surface area contributed by atoms with E-state index in [9.17, 15) is 0 Å². The standard InChI is InChI=1S/C4H4N.2C3H7.Ru/c1-2-4-5-3-1;2*1-3-2;/h1-4H;2*1,3H2,2H3;/q-1;;;+1. The molecule has 1 aromatic rings. The molecule has 1 aromatic heterocycles. The molecule has 0 aliphatic rings. The summed E-state index contributed by atoms with van der Waals surface area (Å²) in [6.45, 7) is 4.58. The summed E-state index contributed by atoms with van der Waals surface area (Å²) in [5.74, 6) is 0. The molecule has 0 bridgehead atoms. The van der Waals surface area contributed by atoms with Gasteiger partial charge < -0.3 is 0 Å². The molecule has 0 radical (unpaired) electrons. The Bertz CT molecular complexity index is 188. The monoisotopic (exact) mass is 254 g/mol. The average Bonchev–Trinajstić information content (AvgIpc) is 2.56. The van der Waals surface area contributed by atoms with Crippen molar-refractivity contribution in [2.45, 2.75) is 36.7 Å². The van der Waals surface area contributed by atoms with Crippen molar-refractivity contribution in [3.05, 3.63) is 24.5 Å². The zero-order valence-corrected chi connectivity index (χ0v) is 9.68. The molecule has 0 aliphatic heterocycles. The van der Waals surface area contributed by atoms with E-state index in [0.29, 0.717) is 0 Å². The van der Waals surface area contributed by atoms with Crippen LogP contribution in [0.2, 0.25) is 10.0 Å². The number of hydrogen-bond donors (Lipinski definition) is 0. The Kier molecular flexibility index (Phi) is 4.60. The zero-order valence-electron chi connectivity index (χ0n) is 7.94. The Morgan fingerprint density at radius 2 is 1.50 bits per heavy atom. The molecule has 0 saturated carbocycles. The van der Waals surface area contributed by atoms with Crippen LogP contribution in [0.5, 0.6) is 0 Å². The van der Waals surface area contributed by atoms with Crippen molar-refractivity contribution in [3.8, 4) is 0 Å². The van der Waals surface area contributed by atoms with Gasteiger partial charge in [-0.25, -0.2) is 0 Å². The molecule has 0 saturated heterocycles. The molecular weight excluding hydrogens is 235 g/mol. The van der Waals surface area contributed by atoms with E-state index in [1.165, 1.54) is 22.9 Å². The number of aromatic nitrogens is 1. The van der Waals surface area contributed by atoms with Gasteiger partial charge in [-0.1, -0.05) is 0 Å². The summed E-state index contributed by atoms with van der Waals surface area (Å²) in [7, 11) is 0. The van der Waals surface area contributed by atoms with Crippen molar-refractivity contribution in [1.82, 2.24) is 3.31 Å². The molecule has 0 amide bonds. The summed E-state index contributed by atoms with van der Waals surface area (Å²) in [5, 5.41) is 2.90. The first-order chi connectivity index (χ1) is 5.88. The third-order valence-electron chi connectivity index (χ3n) is 1.58. The summed E-state index contributed by atoms with van der Waals surface area (Å²) in [6.07, 6.45) is 7.17. The molecule has 0 aromatic carbocycles. The van der Waals surface area contributed by atoms with E-state index in [0.717, 1.165) is 0 Å². The molecule has 0 N–H and O–H groups in total. The topological polar surface area (TPSA) is 4.93 Å². The molecule has 1 heterocycles. The van der Waals surface area contributed by atoms with Gasteiger partial charge in [0.2, 0.25) is 0 Å². The molecule has 0 spiro atoms. The van der Waals surface area contributed by atoms with Gasteiger partial charge in [0.25, 0.3) is 0 Å². The maximum absolute atomic E-state index is 2.48. The van der Waals surface area contributed by atoms with Crippen molar-refractivity contribution in [3.63, 3.8) is 0 Å². The van der Waals surface area contributed by atoms with Crippen LogP contribution in [0.15, 0.2) is 24.5 Å². The van der Waals surface area contributed by atoms with Crippen molar-refractivity contribution in [2.75, 3.05) is 0 Å². The fourth-order valence-corrected chi connectivity index (χ4v) is 5.51. The zero-order chi connectivity index (χ0) is 8.81. The van der Waals surface area contributed by atoms with Gasteiger partial charge in [-0.15, -0.1) is 0 Å². The summed E-state index contributed by atoms with van der Waals surface area (Å²) in [5.41, 5.74) is 0. The number of nitrogens with zero attached hydrogens (tertiary/aromatic N) is 1. The van der Waals surface area contributed by atoms with Crippen molar-refractivity contribution < 1.29 is 16.2 Å². The van der Waals surface area contributed by atoms with Crippen LogP contribution in [0.1, 0.15) is 26.7 Å². The minimum absolute atomic E-state index is 0.670. The molecule has 2 heteroatoms. The molecule has 0 aliphatic carbocycles. The third kappa shape index (κ3) is 2.75.